The SMILES string of the molecule is CCCCCCCCC(CCCCOc1c(F)c(F)c(F)c(F)c1F)C(OC)(OC)OCC. The molecule has 0 N–H and O–H groups in total. The Morgan fingerprint density at radius 2 is 1.15 bits per heavy atom. The first-order valence-electron chi connectivity index (χ1n) is 11.7. The summed E-state index contributed by atoms with van der Waals surface area (Å²) in [6, 6.07) is 0. The Bertz CT molecular complexity index is 669. The molecule has 4 nitrogen and oxygen atoms in total. The monoisotopic (exact) mass is 484 g/mol. The van der Waals surface area contributed by atoms with Crippen molar-refractivity contribution in [3.63, 3.8) is 0 Å². The molecular weight excluding hydrogens is 447 g/mol. The third kappa shape index (κ3) is 8.37. The lowest BCUT2D eigenvalue weighted by molar-refractivity contribution is -0.388. The maximum atomic E-state index is 13.7. The van der Waals surface area contributed by atoms with E-state index in [4.69, 9.17) is 18.9 Å². The van der Waals surface area contributed by atoms with Gasteiger partial charge in [0.05, 0.1) is 6.61 Å². The zero-order chi connectivity index (χ0) is 24.9. The van der Waals surface area contributed by atoms with Crippen LogP contribution in [0.1, 0.15) is 78.1 Å². The van der Waals surface area contributed by atoms with E-state index in [1.165, 1.54) is 33.5 Å². The summed E-state index contributed by atoms with van der Waals surface area (Å²) in [5, 5.41) is 0. The first-order valence-corrected chi connectivity index (χ1v) is 11.7. The molecule has 1 aromatic rings. The fraction of sp³-hybridized carbons (Fsp3) is 0.750. The van der Waals surface area contributed by atoms with Crippen molar-refractivity contribution >= 4 is 0 Å². The van der Waals surface area contributed by atoms with Crippen molar-refractivity contribution in [3.05, 3.63) is 29.1 Å². The van der Waals surface area contributed by atoms with Gasteiger partial charge in [-0.3, -0.25) is 0 Å². The molecule has 0 aliphatic heterocycles. The van der Waals surface area contributed by atoms with Crippen LogP contribution in [0.2, 0.25) is 0 Å². The van der Waals surface area contributed by atoms with Gasteiger partial charge in [-0.2, -0.15) is 8.78 Å². The van der Waals surface area contributed by atoms with Gasteiger partial charge in [0.1, 0.15) is 0 Å². The molecule has 0 heterocycles. The largest absolute Gasteiger partial charge is 0.487 e. The lowest BCUT2D eigenvalue weighted by Gasteiger charge is -2.37. The second kappa shape index (κ2) is 15.5. The lowest BCUT2D eigenvalue weighted by Crippen LogP contribution is -2.45. The molecule has 33 heavy (non-hydrogen) atoms. The average molecular weight is 485 g/mol. The number of hydrogen-bond donors (Lipinski definition) is 0. The summed E-state index contributed by atoms with van der Waals surface area (Å²) in [6.45, 7) is 4.19. The van der Waals surface area contributed by atoms with Crippen LogP contribution < -0.4 is 4.74 Å². The molecule has 0 radical (unpaired) electrons. The molecule has 9 heteroatoms. The standard InChI is InChI=1S/C24H37F5O4/c1-5-7-8-9-10-11-14-17(24(30-3,31-4)33-6-2)15-12-13-16-32-23-21(28)19(26)18(25)20(27)22(23)29/h17H,5-16H2,1-4H3. The lowest BCUT2D eigenvalue weighted by atomic mass is 9.92. The van der Waals surface area contributed by atoms with E-state index in [9.17, 15) is 22.0 Å². The molecule has 0 saturated carbocycles. The normalized spacial score (nSPS) is 12.9. The highest BCUT2D eigenvalue weighted by Crippen LogP contribution is 2.34. The maximum Gasteiger partial charge on any atom is 0.285 e. The Hall–Kier alpha value is -1.45. The van der Waals surface area contributed by atoms with Crippen molar-refractivity contribution in [2.24, 2.45) is 5.92 Å². The van der Waals surface area contributed by atoms with E-state index < -0.39 is 40.8 Å². The Kier molecular flexibility index (Phi) is 13.9. The second-order valence-corrected chi connectivity index (χ2v) is 7.94. The minimum Gasteiger partial charge on any atom is -0.487 e. The van der Waals surface area contributed by atoms with Gasteiger partial charge in [0.15, 0.2) is 5.75 Å². The van der Waals surface area contributed by atoms with Gasteiger partial charge >= 0.3 is 0 Å². The van der Waals surface area contributed by atoms with Gasteiger partial charge in [0.25, 0.3) is 5.97 Å². The van der Waals surface area contributed by atoms with Gasteiger partial charge in [0, 0.05) is 26.7 Å². The maximum absolute atomic E-state index is 13.7. The van der Waals surface area contributed by atoms with Crippen molar-refractivity contribution in [2.75, 3.05) is 27.4 Å². The number of hydrogen-bond acceptors (Lipinski definition) is 4. The average Bonchev–Trinajstić information content (AvgIpc) is 2.82. The van der Waals surface area contributed by atoms with Crippen LogP contribution in [0.4, 0.5) is 22.0 Å². The molecule has 1 aromatic carbocycles. The molecule has 192 valence electrons. The minimum absolute atomic E-state index is 0.104. The van der Waals surface area contributed by atoms with Crippen LogP contribution in [0.15, 0.2) is 0 Å². The minimum atomic E-state index is -2.21. The number of ether oxygens (including phenoxy) is 4. The molecule has 0 spiro atoms. The molecule has 0 aliphatic rings. The molecule has 0 aliphatic carbocycles. The summed E-state index contributed by atoms with van der Waals surface area (Å²) < 4.78 is 89.1. The highest BCUT2D eigenvalue weighted by molar-refractivity contribution is 5.29. The molecular formula is C24H37F5O4. The predicted molar refractivity (Wildman–Crippen MR) is 115 cm³/mol. The quantitative estimate of drug-likeness (QED) is 0.0721. The number of benzene rings is 1. The topological polar surface area (TPSA) is 36.9 Å². The van der Waals surface area contributed by atoms with E-state index in [-0.39, 0.29) is 12.5 Å². The van der Waals surface area contributed by atoms with E-state index in [1.807, 2.05) is 6.92 Å². The smallest absolute Gasteiger partial charge is 0.285 e. The Morgan fingerprint density at radius 3 is 1.67 bits per heavy atom. The van der Waals surface area contributed by atoms with E-state index >= 15 is 0 Å². The van der Waals surface area contributed by atoms with Gasteiger partial charge in [0.2, 0.25) is 29.1 Å². The summed E-state index contributed by atoms with van der Waals surface area (Å²) in [5.74, 6) is -12.8. The zero-order valence-electron chi connectivity index (χ0n) is 20.1. The van der Waals surface area contributed by atoms with E-state index in [2.05, 4.69) is 6.92 Å². The fourth-order valence-electron chi connectivity index (χ4n) is 3.90. The van der Waals surface area contributed by atoms with Crippen LogP contribution in [-0.2, 0) is 14.2 Å². The first-order chi connectivity index (χ1) is 15.8. The van der Waals surface area contributed by atoms with E-state index in [0.717, 1.165) is 25.7 Å². The van der Waals surface area contributed by atoms with Crippen molar-refractivity contribution in [3.8, 4) is 5.75 Å². The number of unbranched alkanes of at least 4 members (excludes halogenated alkanes) is 6. The number of halogens is 5. The highest BCUT2D eigenvalue weighted by Gasteiger charge is 2.40. The van der Waals surface area contributed by atoms with Crippen LogP contribution in [0.3, 0.4) is 0 Å². The fourth-order valence-corrected chi connectivity index (χ4v) is 3.90. The van der Waals surface area contributed by atoms with Crippen molar-refractivity contribution in [1.29, 1.82) is 0 Å². The molecule has 0 fully saturated rings. The predicted octanol–water partition coefficient (Wildman–Crippen LogP) is 7.28. The van der Waals surface area contributed by atoms with E-state index in [0.29, 0.717) is 25.9 Å². The first kappa shape index (κ1) is 29.6. The third-order valence-electron chi connectivity index (χ3n) is 5.68. The van der Waals surface area contributed by atoms with Crippen molar-refractivity contribution in [2.45, 2.75) is 84.0 Å². The van der Waals surface area contributed by atoms with Crippen LogP contribution in [-0.4, -0.2) is 33.4 Å². The van der Waals surface area contributed by atoms with Crippen LogP contribution in [0.25, 0.3) is 0 Å². The van der Waals surface area contributed by atoms with Crippen molar-refractivity contribution < 1.29 is 40.9 Å². The number of methoxy groups -OCH3 is 2. The molecule has 0 saturated heterocycles. The second-order valence-electron chi connectivity index (χ2n) is 7.94. The molecule has 0 aromatic heterocycles. The molecule has 0 bridgehead atoms. The summed E-state index contributed by atoms with van der Waals surface area (Å²) in [7, 11) is 3.03. The van der Waals surface area contributed by atoms with Gasteiger partial charge in [-0.15, -0.1) is 0 Å². The van der Waals surface area contributed by atoms with Gasteiger partial charge < -0.3 is 18.9 Å². The van der Waals surface area contributed by atoms with Crippen molar-refractivity contribution in [1.82, 2.24) is 0 Å². The van der Waals surface area contributed by atoms with Crippen LogP contribution in [0.5, 0.6) is 5.75 Å². The Labute approximate surface area is 193 Å². The van der Waals surface area contributed by atoms with E-state index in [1.54, 1.807) is 0 Å². The zero-order valence-corrected chi connectivity index (χ0v) is 20.1. The van der Waals surface area contributed by atoms with Crippen LogP contribution >= 0.6 is 0 Å². The highest BCUT2D eigenvalue weighted by atomic mass is 19.2. The van der Waals surface area contributed by atoms with Gasteiger partial charge in [-0.05, 0) is 32.6 Å². The summed E-state index contributed by atoms with van der Waals surface area (Å²) >= 11 is 0. The molecule has 1 atom stereocenters. The summed E-state index contributed by atoms with van der Waals surface area (Å²) in [6.07, 6.45) is 9.08. The summed E-state index contributed by atoms with van der Waals surface area (Å²) in [5.41, 5.74) is 0. The summed E-state index contributed by atoms with van der Waals surface area (Å²) in [4.78, 5) is 0. The Balaban J connectivity index is 2.68. The Morgan fingerprint density at radius 1 is 0.667 bits per heavy atom. The van der Waals surface area contributed by atoms with Gasteiger partial charge in [-0.25, -0.2) is 13.2 Å². The number of rotatable bonds is 18. The van der Waals surface area contributed by atoms with Gasteiger partial charge in [-0.1, -0.05) is 45.4 Å². The van der Waals surface area contributed by atoms with Crippen LogP contribution in [0, 0.1) is 35.0 Å². The molecule has 1 unspecified atom stereocenters. The third-order valence-corrected chi connectivity index (χ3v) is 5.68. The molecule has 0 amide bonds. The molecule has 1 rings (SSSR count).